The summed E-state index contributed by atoms with van der Waals surface area (Å²) in [4.78, 5) is 13.5. The van der Waals surface area contributed by atoms with E-state index in [2.05, 4.69) is 29.3 Å². The number of hydrogen-bond acceptors (Lipinski definition) is 3. The minimum Gasteiger partial charge on any atom is -0.481 e. The number of nitrogens with one attached hydrogen (secondary N) is 1. The number of rotatable bonds is 3. The van der Waals surface area contributed by atoms with Gasteiger partial charge in [-0.25, -0.2) is 0 Å². The Kier molecular flexibility index (Phi) is 3.80. The molecule has 1 atom stereocenters. The highest BCUT2D eigenvalue weighted by Crippen LogP contribution is 2.27. The summed E-state index contributed by atoms with van der Waals surface area (Å²) in [7, 11) is 0. The third-order valence-electron chi connectivity index (χ3n) is 3.63. The average Bonchev–Trinajstić information content (AvgIpc) is 2.49. The fourth-order valence-electron chi connectivity index (χ4n) is 2.44. The lowest BCUT2D eigenvalue weighted by Gasteiger charge is -2.32. The first-order chi connectivity index (χ1) is 8.90. The lowest BCUT2D eigenvalue weighted by Crippen LogP contribution is -2.43. The molecule has 0 saturated heterocycles. The van der Waals surface area contributed by atoms with E-state index in [-0.39, 0.29) is 0 Å². The Morgan fingerprint density at radius 2 is 2.16 bits per heavy atom. The minimum atomic E-state index is -0.755. The molecule has 4 heteroatoms. The Morgan fingerprint density at radius 3 is 2.84 bits per heavy atom. The third-order valence-corrected chi connectivity index (χ3v) is 3.63. The second-order valence-electron chi connectivity index (χ2n) is 5.98. The highest BCUT2D eigenvalue weighted by atomic mass is 16.4. The normalized spacial score (nSPS) is 19.7. The van der Waals surface area contributed by atoms with E-state index in [9.17, 15) is 9.90 Å². The molecule has 1 aromatic carbocycles. The van der Waals surface area contributed by atoms with E-state index < -0.39 is 11.4 Å². The summed E-state index contributed by atoms with van der Waals surface area (Å²) in [5, 5.41) is 12.8. The summed E-state index contributed by atoms with van der Waals surface area (Å²) in [5.74, 6) is -0.755. The average molecular weight is 262 g/mol. The third kappa shape index (κ3) is 3.07. The number of nitrogens with zero attached hydrogens (tertiary/aromatic N) is 1. The molecule has 0 aliphatic carbocycles. The molecule has 0 amide bonds. The van der Waals surface area contributed by atoms with E-state index >= 15 is 0 Å². The zero-order chi connectivity index (χ0) is 14.0. The number of aliphatic carboxylic acids is 1. The van der Waals surface area contributed by atoms with Crippen LogP contribution in [0.4, 0.5) is 5.69 Å². The number of carboxylic acids is 1. The van der Waals surface area contributed by atoms with E-state index in [4.69, 9.17) is 0 Å². The standard InChI is InChI=1S/C15H22N2O2/c1-11-9-17(10-15(2,3)14(18)19)13-7-5-4-6-12(13)8-16-11/h4-7,11,16H,8-10H2,1-3H3,(H,18,19). The molecule has 1 aliphatic rings. The van der Waals surface area contributed by atoms with Crippen LogP contribution in [0.2, 0.25) is 0 Å². The maximum atomic E-state index is 11.3. The van der Waals surface area contributed by atoms with Crippen LogP contribution in [0.15, 0.2) is 24.3 Å². The van der Waals surface area contributed by atoms with E-state index in [1.807, 2.05) is 12.1 Å². The van der Waals surface area contributed by atoms with Gasteiger partial charge in [0.1, 0.15) is 0 Å². The predicted molar refractivity (Wildman–Crippen MR) is 76.4 cm³/mol. The van der Waals surface area contributed by atoms with Crippen LogP contribution in [-0.2, 0) is 11.3 Å². The van der Waals surface area contributed by atoms with Gasteiger partial charge < -0.3 is 15.3 Å². The molecular formula is C15H22N2O2. The molecular weight excluding hydrogens is 240 g/mol. The van der Waals surface area contributed by atoms with E-state index in [1.54, 1.807) is 13.8 Å². The number of benzene rings is 1. The van der Waals surface area contributed by atoms with Crippen LogP contribution in [-0.4, -0.2) is 30.2 Å². The van der Waals surface area contributed by atoms with Gasteiger partial charge in [0.2, 0.25) is 0 Å². The van der Waals surface area contributed by atoms with Gasteiger partial charge in [-0.2, -0.15) is 0 Å². The highest BCUT2D eigenvalue weighted by molar-refractivity contribution is 5.75. The van der Waals surface area contributed by atoms with Gasteiger partial charge >= 0.3 is 5.97 Å². The van der Waals surface area contributed by atoms with Crippen LogP contribution in [0.3, 0.4) is 0 Å². The van der Waals surface area contributed by atoms with Gasteiger partial charge in [0, 0.05) is 31.4 Å². The Morgan fingerprint density at radius 1 is 1.47 bits per heavy atom. The van der Waals surface area contributed by atoms with Gasteiger partial charge in [-0.3, -0.25) is 4.79 Å². The highest BCUT2D eigenvalue weighted by Gasteiger charge is 2.31. The Bertz CT molecular complexity index is 471. The molecule has 1 unspecified atom stereocenters. The second kappa shape index (κ2) is 5.21. The molecule has 4 nitrogen and oxygen atoms in total. The number of fused-ring (bicyclic) bond motifs is 1. The SMILES string of the molecule is CC1CN(CC(C)(C)C(=O)O)c2ccccc2CN1. The first-order valence-electron chi connectivity index (χ1n) is 6.70. The maximum absolute atomic E-state index is 11.3. The quantitative estimate of drug-likeness (QED) is 0.876. The van der Waals surface area contributed by atoms with Crippen LogP contribution in [0.5, 0.6) is 0 Å². The molecule has 0 aromatic heterocycles. The number of carboxylic acid groups (broad SMARTS) is 1. The Labute approximate surface area is 114 Å². The molecule has 2 N–H and O–H groups in total. The fraction of sp³-hybridized carbons (Fsp3) is 0.533. The molecule has 19 heavy (non-hydrogen) atoms. The van der Waals surface area contributed by atoms with Gasteiger partial charge in [-0.15, -0.1) is 0 Å². The van der Waals surface area contributed by atoms with Crippen molar-refractivity contribution in [3.8, 4) is 0 Å². The van der Waals surface area contributed by atoms with E-state index in [0.29, 0.717) is 12.6 Å². The predicted octanol–water partition coefficient (Wildman–Crippen LogP) is 2.10. The first kappa shape index (κ1) is 13.9. The summed E-state index contributed by atoms with van der Waals surface area (Å²) in [6.45, 7) is 7.87. The van der Waals surface area contributed by atoms with Gasteiger partial charge in [0.25, 0.3) is 0 Å². The van der Waals surface area contributed by atoms with Crippen molar-refractivity contribution in [2.45, 2.75) is 33.4 Å². The summed E-state index contributed by atoms with van der Waals surface area (Å²) >= 11 is 0. The summed E-state index contributed by atoms with van der Waals surface area (Å²) in [6, 6.07) is 8.55. The monoisotopic (exact) mass is 262 g/mol. The largest absolute Gasteiger partial charge is 0.481 e. The summed E-state index contributed by atoms with van der Waals surface area (Å²) in [5.41, 5.74) is 1.62. The number of hydrogen-bond donors (Lipinski definition) is 2. The zero-order valence-electron chi connectivity index (χ0n) is 11.8. The molecule has 0 spiro atoms. The van der Waals surface area contributed by atoms with Crippen molar-refractivity contribution in [3.63, 3.8) is 0 Å². The lowest BCUT2D eigenvalue weighted by atomic mass is 9.92. The van der Waals surface area contributed by atoms with Crippen molar-refractivity contribution >= 4 is 11.7 Å². The van der Waals surface area contributed by atoms with Crippen molar-refractivity contribution < 1.29 is 9.90 Å². The lowest BCUT2D eigenvalue weighted by molar-refractivity contribution is -0.146. The smallest absolute Gasteiger partial charge is 0.310 e. The van der Waals surface area contributed by atoms with Crippen molar-refractivity contribution in [1.82, 2.24) is 5.32 Å². The fourth-order valence-corrected chi connectivity index (χ4v) is 2.44. The molecule has 0 saturated carbocycles. The van der Waals surface area contributed by atoms with Crippen molar-refractivity contribution in [1.29, 1.82) is 0 Å². The van der Waals surface area contributed by atoms with Crippen molar-refractivity contribution in [3.05, 3.63) is 29.8 Å². The van der Waals surface area contributed by atoms with Gasteiger partial charge in [-0.1, -0.05) is 18.2 Å². The number of carbonyl (C=O) groups is 1. The molecule has 2 rings (SSSR count). The number of anilines is 1. The van der Waals surface area contributed by atoms with Gasteiger partial charge in [0.05, 0.1) is 5.41 Å². The topological polar surface area (TPSA) is 52.6 Å². The van der Waals surface area contributed by atoms with Gasteiger partial charge in [-0.05, 0) is 32.4 Å². The minimum absolute atomic E-state index is 0.344. The zero-order valence-corrected chi connectivity index (χ0v) is 11.8. The molecule has 0 fully saturated rings. The Balaban J connectivity index is 2.30. The molecule has 1 aromatic rings. The number of para-hydroxylation sites is 1. The van der Waals surface area contributed by atoms with Crippen LogP contribution < -0.4 is 10.2 Å². The maximum Gasteiger partial charge on any atom is 0.310 e. The van der Waals surface area contributed by atoms with Crippen molar-refractivity contribution in [2.24, 2.45) is 5.41 Å². The summed E-state index contributed by atoms with van der Waals surface area (Å²) < 4.78 is 0. The molecule has 0 radical (unpaired) electrons. The molecule has 0 bridgehead atoms. The van der Waals surface area contributed by atoms with Crippen LogP contribution in [0.25, 0.3) is 0 Å². The van der Waals surface area contributed by atoms with Crippen molar-refractivity contribution in [2.75, 3.05) is 18.0 Å². The first-order valence-corrected chi connectivity index (χ1v) is 6.70. The second-order valence-corrected chi connectivity index (χ2v) is 5.98. The molecule has 104 valence electrons. The van der Waals surface area contributed by atoms with E-state index in [1.165, 1.54) is 5.56 Å². The van der Waals surface area contributed by atoms with Crippen LogP contribution >= 0.6 is 0 Å². The van der Waals surface area contributed by atoms with Crippen LogP contribution in [0, 0.1) is 5.41 Å². The summed E-state index contributed by atoms with van der Waals surface area (Å²) in [6.07, 6.45) is 0. The van der Waals surface area contributed by atoms with Crippen LogP contribution in [0.1, 0.15) is 26.3 Å². The molecule has 1 heterocycles. The Hall–Kier alpha value is -1.55. The van der Waals surface area contributed by atoms with E-state index in [0.717, 1.165) is 18.8 Å². The molecule has 1 aliphatic heterocycles. The van der Waals surface area contributed by atoms with Gasteiger partial charge in [0.15, 0.2) is 0 Å².